The summed E-state index contributed by atoms with van der Waals surface area (Å²) in [4.78, 5) is 36.8. The lowest BCUT2D eigenvalue weighted by atomic mass is 9.91. The van der Waals surface area contributed by atoms with Gasteiger partial charge >= 0.3 is 11.9 Å². The zero-order valence-electron chi connectivity index (χ0n) is 20.9. The first kappa shape index (κ1) is 28.5. The lowest BCUT2D eigenvalue weighted by molar-refractivity contribution is -0.134. The molecule has 0 unspecified atom stereocenters. The monoisotopic (exact) mass is 490 g/mol. The molecule has 0 aromatic heterocycles. The Balaban J connectivity index is 0.000000466. The number of carboxylic acid groups (broad SMARTS) is 2. The molecule has 35 heavy (non-hydrogen) atoms. The van der Waals surface area contributed by atoms with E-state index in [0.717, 1.165) is 44.0 Å². The lowest BCUT2D eigenvalue weighted by Crippen LogP contribution is -2.54. The fraction of sp³-hybridized carbons (Fsp3) is 0.577. The normalized spacial score (nSPS) is 19.2. The van der Waals surface area contributed by atoms with Crippen molar-refractivity contribution in [2.45, 2.75) is 51.6 Å². The minimum absolute atomic E-state index is 0.152. The smallest absolute Gasteiger partial charge is 0.328 e. The van der Waals surface area contributed by atoms with Gasteiger partial charge in [-0.05, 0) is 70.8 Å². The van der Waals surface area contributed by atoms with Crippen LogP contribution in [-0.2, 0) is 14.3 Å². The van der Waals surface area contributed by atoms with Gasteiger partial charge in [0.15, 0.2) is 5.78 Å². The Labute approximate surface area is 207 Å². The zero-order valence-corrected chi connectivity index (χ0v) is 20.9. The second kappa shape index (κ2) is 14.0. The molecule has 2 aliphatic heterocycles. The average molecular weight is 491 g/mol. The Kier molecular flexibility index (Phi) is 11.4. The van der Waals surface area contributed by atoms with Gasteiger partial charge in [-0.3, -0.25) is 9.69 Å². The van der Waals surface area contributed by atoms with Crippen molar-refractivity contribution in [2.24, 2.45) is 0 Å². The van der Waals surface area contributed by atoms with E-state index in [1.807, 2.05) is 38.1 Å². The average Bonchev–Trinajstić information content (AvgIpc) is 3.26. The summed E-state index contributed by atoms with van der Waals surface area (Å²) in [6.07, 6.45) is 4.79. The van der Waals surface area contributed by atoms with Crippen LogP contribution in [0.5, 0.6) is 5.75 Å². The van der Waals surface area contributed by atoms with Crippen LogP contribution in [0.25, 0.3) is 0 Å². The summed E-state index contributed by atoms with van der Waals surface area (Å²) in [5.41, 5.74) is 0.225. The molecule has 9 heteroatoms. The van der Waals surface area contributed by atoms with Gasteiger partial charge in [0.25, 0.3) is 0 Å². The van der Waals surface area contributed by atoms with E-state index in [1.54, 1.807) is 0 Å². The molecule has 2 aliphatic rings. The van der Waals surface area contributed by atoms with Gasteiger partial charge in [0.2, 0.25) is 0 Å². The topological polar surface area (TPSA) is 117 Å². The molecule has 1 atom stereocenters. The van der Waals surface area contributed by atoms with Gasteiger partial charge in [-0.25, -0.2) is 9.59 Å². The van der Waals surface area contributed by atoms with Crippen LogP contribution < -0.4 is 4.74 Å². The Hall–Kier alpha value is -2.75. The summed E-state index contributed by atoms with van der Waals surface area (Å²) in [5.74, 6) is -1.52. The fourth-order valence-corrected chi connectivity index (χ4v) is 4.25. The van der Waals surface area contributed by atoms with Crippen LogP contribution in [-0.4, -0.2) is 95.3 Å². The molecular formula is C26H38N2O7. The molecule has 2 fully saturated rings. The standard InChI is InChI=1S/C22H34N2O3.C4H4O4/c1-18-6-4-11-23(18)12-5-15-27-20-9-7-19(8-10-20)21(25)22(2,3)24-13-16-26-17-14-24;5-3(6)1-2-4(7)8/h7-10,18H,4-6,11-17H2,1-3H3;1-2H,(H,5,6)(H,7,8)/b;2-1+/t18-;/m1./s1. The van der Waals surface area contributed by atoms with Gasteiger partial charge in [0.05, 0.1) is 25.4 Å². The maximum Gasteiger partial charge on any atom is 0.328 e. The zero-order chi connectivity index (χ0) is 25.8. The number of nitrogens with zero attached hydrogens (tertiary/aromatic N) is 2. The number of likely N-dealkylation sites (tertiary alicyclic amines) is 1. The number of rotatable bonds is 10. The molecule has 0 spiro atoms. The van der Waals surface area contributed by atoms with Crippen LogP contribution in [0, 0.1) is 0 Å². The van der Waals surface area contributed by atoms with E-state index in [-0.39, 0.29) is 5.78 Å². The fourth-order valence-electron chi connectivity index (χ4n) is 4.25. The van der Waals surface area contributed by atoms with E-state index >= 15 is 0 Å². The van der Waals surface area contributed by atoms with Crippen molar-refractivity contribution in [1.82, 2.24) is 9.80 Å². The number of aliphatic carboxylic acids is 2. The summed E-state index contributed by atoms with van der Waals surface area (Å²) in [7, 11) is 0. The third-order valence-corrected chi connectivity index (χ3v) is 6.39. The van der Waals surface area contributed by atoms with Gasteiger partial charge in [0, 0.05) is 43.4 Å². The summed E-state index contributed by atoms with van der Waals surface area (Å²) < 4.78 is 11.3. The number of ketones is 1. The quantitative estimate of drug-likeness (QED) is 0.290. The molecule has 2 heterocycles. The Bertz CT molecular complexity index is 845. The largest absolute Gasteiger partial charge is 0.494 e. The van der Waals surface area contributed by atoms with E-state index in [1.165, 1.54) is 19.4 Å². The van der Waals surface area contributed by atoms with E-state index < -0.39 is 17.5 Å². The van der Waals surface area contributed by atoms with Crippen molar-refractivity contribution < 1.29 is 34.1 Å². The predicted molar refractivity (Wildman–Crippen MR) is 132 cm³/mol. The van der Waals surface area contributed by atoms with Crippen molar-refractivity contribution >= 4 is 17.7 Å². The third-order valence-electron chi connectivity index (χ3n) is 6.39. The molecule has 1 aromatic carbocycles. The molecule has 9 nitrogen and oxygen atoms in total. The van der Waals surface area contributed by atoms with Crippen molar-refractivity contribution in [1.29, 1.82) is 0 Å². The maximum absolute atomic E-state index is 13.0. The number of carbonyl (C=O) groups is 3. The van der Waals surface area contributed by atoms with Crippen molar-refractivity contribution in [3.63, 3.8) is 0 Å². The summed E-state index contributed by atoms with van der Waals surface area (Å²) in [5, 5.41) is 15.6. The lowest BCUT2D eigenvalue weighted by Gasteiger charge is -2.39. The molecule has 0 radical (unpaired) electrons. The molecule has 1 aromatic rings. The summed E-state index contributed by atoms with van der Waals surface area (Å²) in [6.45, 7) is 12.3. The van der Waals surface area contributed by atoms with Crippen LogP contribution in [0.3, 0.4) is 0 Å². The Morgan fingerprint density at radius 1 is 1.06 bits per heavy atom. The van der Waals surface area contributed by atoms with Crippen molar-refractivity contribution in [3.8, 4) is 5.75 Å². The minimum Gasteiger partial charge on any atom is -0.494 e. The summed E-state index contributed by atoms with van der Waals surface area (Å²) >= 11 is 0. The van der Waals surface area contributed by atoms with Gasteiger partial charge in [-0.1, -0.05) is 0 Å². The molecule has 2 saturated heterocycles. The first-order valence-corrected chi connectivity index (χ1v) is 12.1. The molecule has 2 N–H and O–H groups in total. The van der Waals surface area contributed by atoms with Crippen LogP contribution in [0.1, 0.15) is 50.4 Å². The molecule has 194 valence electrons. The molecular weight excluding hydrogens is 452 g/mol. The molecule has 0 saturated carbocycles. The number of carbonyl (C=O) groups excluding carboxylic acids is 1. The van der Waals surface area contributed by atoms with Crippen LogP contribution in [0.2, 0.25) is 0 Å². The third kappa shape index (κ3) is 9.43. The van der Waals surface area contributed by atoms with E-state index in [2.05, 4.69) is 16.7 Å². The van der Waals surface area contributed by atoms with Crippen molar-refractivity contribution in [3.05, 3.63) is 42.0 Å². The van der Waals surface area contributed by atoms with Gasteiger partial charge in [0.1, 0.15) is 5.75 Å². The Morgan fingerprint density at radius 3 is 2.17 bits per heavy atom. The SMILES string of the molecule is C[C@@H]1CCCN1CCCOc1ccc(C(=O)C(C)(C)N2CCOCC2)cc1.O=C(O)/C=C/C(=O)O. The number of benzene rings is 1. The van der Waals surface area contributed by atoms with Crippen LogP contribution in [0.4, 0.5) is 0 Å². The molecule has 0 aliphatic carbocycles. The maximum atomic E-state index is 13.0. The van der Waals surface area contributed by atoms with E-state index in [4.69, 9.17) is 19.7 Å². The number of hydrogen-bond donors (Lipinski definition) is 2. The Morgan fingerprint density at radius 2 is 1.66 bits per heavy atom. The van der Waals surface area contributed by atoms with E-state index in [0.29, 0.717) is 31.4 Å². The number of carboxylic acids is 2. The number of morpholine rings is 1. The van der Waals surface area contributed by atoms with Gasteiger partial charge < -0.3 is 24.6 Å². The number of hydrogen-bond acceptors (Lipinski definition) is 7. The van der Waals surface area contributed by atoms with Crippen LogP contribution >= 0.6 is 0 Å². The first-order valence-electron chi connectivity index (χ1n) is 12.1. The highest BCUT2D eigenvalue weighted by Gasteiger charge is 2.35. The highest BCUT2D eigenvalue weighted by atomic mass is 16.5. The predicted octanol–water partition coefficient (Wildman–Crippen LogP) is 2.95. The van der Waals surface area contributed by atoms with Crippen LogP contribution in [0.15, 0.2) is 36.4 Å². The molecule has 3 rings (SSSR count). The highest BCUT2D eigenvalue weighted by Crippen LogP contribution is 2.23. The second-order valence-corrected chi connectivity index (χ2v) is 9.25. The van der Waals surface area contributed by atoms with Crippen molar-refractivity contribution in [2.75, 3.05) is 46.0 Å². The molecule has 0 bridgehead atoms. The molecule has 0 amide bonds. The van der Waals surface area contributed by atoms with E-state index in [9.17, 15) is 14.4 Å². The second-order valence-electron chi connectivity index (χ2n) is 9.25. The highest BCUT2D eigenvalue weighted by molar-refractivity contribution is 6.02. The minimum atomic E-state index is -1.26. The van der Waals surface area contributed by atoms with Gasteiger partial charge in [-0.15, -0.1) is 0 Å². The van der Waals surface area contributed by atoms with Gasteiger partial charge in [-0.2, -0.15) is 0 Å². The summed E-state index contributed by atoms with van der Waals surface area (Å²) in [6, 6.07) is 8.33. The first-order chi connectivity index (χ1) is 16.6. The number of Topliss-reactive ketones (excluding diaryl/α,β-unsaturated/α-hetero) is 1. The number of ether oxygens (including phenoxy) is 2.